The Kier molecular flexibility index (Phi) is 4.38. The first-order valence-electron chi connectivity index (χ1n) is 9.79. The summed E-state index contributed by atoms with van der Waals surface area (Å²) in [4.78, 5) is 23.9. The molecular formula is C19H30O6. The molecule has 142 valence electrons. The van der Waals surface area contributed by atoms with Gasteiger partial charge in [0.25, 0.3) is 0 Å². The van der Waals surface area contributed by atoms with E-state index in [2.05, 4.69) is 13.8 Å². The highest BCUT2D eigenvalue weighted by molar-refractivity contribution is 5.69. The molecule has 3 unspecified atom stereocenters. The van der Waals surface area contributed by atoms with Crippen molar-refractivity contribution < 1.29 is 28.8 Å². The molecule has 6 nitrogen and oxygen atoms in total. The Labute approximate surface area is 149 Å². The van der Waals surface area contributed by atoms with Crippen LogP contribution in [0.2, 0.25) is 0 Å². The zero-order valence-electron chi connectivity index (χ0n) is 15.7. The van der Waals surface area contributed by atoms with Gasteiger partial charge in [0.1, 0.15) is 0 Å². The second-order valence-electron chi connectivity index (χ2n) is 8.51. The predicted molar refractivity (Wildman–Crippen MR) is 87.8 cm³/mol. The minimum Gasteiger partial charge on any atom is -0.435 e. The lowest BCUT2D eigenvalue weighted by atomic mass is 9.58. The molecule has 4 heterocycles. The largest absolute Gasteiger partial charge is 0.435 e. The fourth-order valence-electron chi connectivity index (χ4n) is 5.40. The van der Waals surface area contributed by atoms with Gasteiger partial charge in [-0.2, -0.15) is 0 Å². The average molecular weight is 354 g/mol. The van der Waals surface area contributed by atoms with Crippen LogP contribution >= 0.6 is 0 Å². The predicted octanol–water partition coefficient (Wildman–Crippen LogP) is 3.54. The summed E-state index contributed by atoms with van der Waals surface area (Å²) in [7, 11) is 0. The van der Waals surface area contributed by atoms with Gasteiger partial charge in [-0.05, 0) is 44.4 Å². The molecule has 0 aromatic rings. The molecule has 8 atom stereocenters. The Morgan fingerprint density at radius 2 is 1.96 bits per heavy atom. The normalized spacial score (nSPS) is 51.5. The molecule has 5 rings (SSSR count). The lowest BCUT2D eigenvalue weighted by Crippen LogP contribution is -2.70. The minimum absolute atomic E-state index is 0.0433. The van der Waals surface area contributed by atoms with Gasteiger partial charge in [-0.1, -0.05) is 20.8 Å². The van der Waals surface area contributed by atoms with Crippen LogP contribution in [-0.4, -0.2) is 29.9 Å². The second-order valence-corrected chi connectivity index (χ2v) is 8.51. The van der Waals surface area contributed by atoms with Gasteiger partial charge in [0.05, 0.1) is 0 Å². The Balaban J connectivity index is 1.66. The summed E-state index contributed by atoms with van der Waals surface area (Å²) >= 11 is 0. The highest BCUT2D eigenvalue weighted by Gasteiger charge is 2.69. The Hall–Kier alpha value is -0.690. The van der Waals surface area contributed by atoms with Crippen molar-refractivity contribution in [1.29, 1.82) is 0 Å². The van der Waals surface area contributed by atoms with Crippen LogP contribution < -0.4 is 0 Å². The van der Waals surface area contributed by atoms with E-state index in [1.807, 2.05) is 13.8 Å². The van der Waals surface area contributed by atoms with Gasteiger partial charge in [-0.3, -0.25) is 4.79 Å². The Morgan fingerprint density at radius 3 is 2.72 bits per heavy atom. The molecule has 1 saturated carbocycles. The zero-order valence-corrected chi connectivity index (χ0v) is 15.7. The monoisotopic (exact) mass is 354 g/mol. The van der Waals surface area contributed by atoms with Crippen molar-refractivity contribution in [3.63, 3.8) is 0 Å². The molecule has 25 heavy (non-hydrogen) atoms. The molecule has 6 heteroatoms. The standard InChI is InChI=1S/C19H30O6/c1-5-6-15(20)21-16-12(3)14-8-7-11(2)13-9-10-18(4)23-17(22-16)19(13,14)25-24-18/h11-14,16-17H,5-10H2,1-4H3/t11-,12-,13+,14?,16?,17?,18-,19-/m1/s1. The quantitative estimate of drug-likeness (QED) is 0.571. The van der Waals surface area contributed by atoms with Gasteiger partial charge in [-0.25, -0.2) is 9.78 Å². The summed E-state index contributed by atoms with van der Waals surface area (Å²) in [6, 6.07) is 0. The molecule has 5 fully saturated rings. The van der Waals surface area contributed by atoms with Crippen molar-refractivity contribution in [3.05, 3.63) is 0 Å². The number of ether oxygens (including phenoxy) is 3. The van der Waals surface area contributed by atoms with E-state index in [4.69, 9.17) is 24.0 Å². The zero-order chi connectivity index (χ0) is 17.8. The van der Waals surface area contributed by atoms with Crippen LogP contribution in [0.4, 0.5) is 0 Å². The maximum atomic E-state index is 12.0. The molecule has 1 aliphatic carbocycles. The fourth-order valence-corrected chi connectivity index (χ4v) is 5.40. The highest BCUT2D eigenvalue weighted by atomic mass is 17.3. The van der Waals surface area contributed by atoms with Crippen molar-refractivity contribution in [2.75, 3.05) is 0 Å². The molecule has 5 aliphatic rings. The molecular weight excluding hydrogens is 324 g/mol. The minimum atomic E-state index is -0.796. The first kappa shape index (κ1) is 17.7. The summed E-state index contributed by atoms with van der Waals surface area (Å²) < 4.78 is 18.1. The molecule has 0 N–H and O–H groups in total. The summed E-state index contributed by atoms with van der Waals surface area (Å²) in [6.45, 7) is 8.24. The van der Waals surface area contributed by atoms with Crippen molar-refractivity contribution in [2.45, 2.75) is 90.2 Å². The molecule has 2 bridgehead atoms. The van der Waals surface area contributed by atoms with Crippen LogP contribution in [0.15, 0.2) is 0 Å². The van der Waals surface area contributed by atoms with Gasteiger partial charge in [-0.15, -0.1) is 0 Å². The van der Waals surface area contributed by atoms with E-state index < -0.39 is 24.0 Å². The van der Waals surface area contributed by atoms with Crippen LogP contribution in [0.25, 0.3) is 0 Å². The van der Waals surface area contributed by atoms with Crippen molar-refractivity contribution in [1.82, 2.24) is 0 Å². The third-order valence-electron chi connectivity index (χ3n) is 6.80. The topological polar surface area (TPSA) is 63.2 Å². The third kappa shape index (κ3) is 2.64. The Bertz CT molecular complexity index is 538. The summed E-state index contributed by atoms with van der Waals surface area (Å²) in [5.41, 5.74) is -0.596. The van der Waals surface area contributed by atoms with Crippen molar-refractivity contribution >= 4 is 5.97 Å². The lowest BCUT2D eigenvalue weighted by Gasteiger charge is -2.59. The maximum absolute atomic E-state index is 12.0. The molecule has 0 amide bonds. The molecule has 0 radical (unpaired) electrons. The number of carbonyl (C=O) groups excluding carboxylic acids is 1. The first-order chi connectivity index (χ1) is 11.9. The second kappa shape index (κ2) is 6.19. The van der Waals surface area contributed by atoms with Crippen molar-refractivity contribution in [2.24, 2.45) is 23.7 Å². The van der Waals surface area contributed by atoms with Gasteiger partial charge < -0.3 is 14.2 Å². The van der Waals surface area contributed by atoms with Gasteiger partial charge >= 0.3 is 5.97 Å². The van der Waals surface area contributed by atoms with E-state index in [9.17, 15) is 4.79 Å². The summed E-state index contributed by atoms with van der Waals surface area (Å²) in [5, 5.41) is 0. The molecule has 4 aliphatic heterocycles. The average Bonchev–Trinajstić information content (AvgIpc) is 2.79. The third-order valence-corrected chi connectivity index (χ3v) is 6.80. The van der Waals surface area contributed by atoms with E-state index in [1.165, 1.54) is 0 Å². The summed E-state index contributed by atoms with van der Waals surface area (Å²) in [6.07, 6.45) is 3.97. The highest BCUT2D eigenvalue weighted by Crippen LogP contribution is 2.60. The lowest BCUT2D eigenvalue weighted by molar-refractivity contribution is -0.576. The van der Waals surface area contributed by atoms with Gasteiger partial charge in [0, 0.05) is 24.7 Å². The van der Waals surface area contributed by atoms with Crippen LogP contribution in [0.1, 0.15) is 66.2 Å². The van der Waals surface area contributed by atoms with Crippen LogP contribution in [0, 0.1) is 23.7 Å². The fraction of sp³-hybridized carbons (Fsp3) is 0.947. The van der Waals surface area contributed by atoms with E-state index in [-0.39, 0.29) is 17.8 Å². The van der Waals surface area contributed by atoms with E-state index in [1.54, 1.807) is 0 Å². The van der Waals surface area contributed by atoms with Crippen molar-refractivity contribution in [3.8, 4) is 0 Å². The number of esters is 1. The van der Waals surface area contributed by atoms with E-state index >= 15 is 0 Å². The number of hydrogen-bond acceptors (Lipinski definition) is 6. The van der Waals surface area contributed by atoms with E-state index in [0.29, 0.717) is 18.3 Å². The first-order valence-corrected chi connectivity index (χ1v) is 9.79. The Morgan fingerprint density at radius 1 is 1.16 bits per heavy atom. The molecule has 0 aromatic carbocycles. The molecule has 4 saturated heterocycles. The van der Waals surface area contributed by atoms with Gasteiger partial charge in [0.15, 0.2) is 11.9 Å². The maximum Gasteiger partial charge on any atom is 0.308 e. The SMILES string of the molecule is CCCC(=O)OC1OC2O[C@@]3(C)CC[C@H]4[C@H](C)CCC([C@H]1C)[C@@]24OO3. The summed E-state index contributed by atoms with van der Waals surface area (Å²) in [5.74, 6) is 0.0851. The van der Waals surface area contributed by atoms with Gasteiger partial charge in [0.2, 0.25) is 12.1 Å². The van der Waals surface area contributed by atoms with Crippen LogP contribution in [-0.2, 0) is 28.8 Å². The van der Waals surface area contributed by atoms with E-state index in [0.717, 1.165) is 32.1 Å². The number of hydrogen-bond donors (Lipinski definition) is 0. The molecule has 1 spiro atoms. The van der Waals surface area contributed by atoms with Crippen LogP contribution in [0.3, 0.4) is 0 Å². The number of fused-ring (bicyclic) bond motifs is 2. The molecule has 0 aromatic heterocycles. The number of rotatable bonds is 3. The number of carbonyl (C=O) groups is 1. The smallest absolute Gasteiger partial charge is 0.308 e. The van der Waals surface area contributed by atoms with Crippen LogP contribution in [0.5, 0.6) is 0 Å².